The second kappa shape index (κ2) is 11.1. The van der Waals surface area contributed by atoms with Gasteiger partial charge in [0, 0.05) is 22.0 Å². The third-order valence-corrected chi connectivity index (χ3v) is 3.92. The van der Waals surface area contributed by atoms with E-state index in [4.69, 9.17) is 32.7 Å². The summed E-state index contributed by atoms with van der Waals surface area (Å²) in [5, 5.41) is 3.95. The molecule has 0 aromatic heterocycles. The summed E-state index contributed by atoms with van der Waals surface area (Å²) >= 11 is 11.9. The molecule has 0 aliphatic carbocycles. The molecule has 0 aliphatic heterocycles. The Bertz CT molecular complexity index is 674. The van der Waals surface area contributed by atoms with Crippen LogP contribution in [0.4, 0.5) is 0 Å². The summed E-state index contributed by atoms with van der Waals surface area (Å²) in [5.74, 6) is 5.13. The molecule has 1 aromatic rings. The monoisotopic (exact) mass is 399 g/mol. The fourth-order valence-corrected chi connectivity index (χ4v) is 2.85. The highest BCUT2D eigenvalue weighted by atomic mass is 35.5. The molecule has 0 spiro atoms. The first-order valence-electron chi connectivity index (χ1n) is 8.13. The van der Waals surface area contributed by atoms with Crippen molar-refractivity contribution in [2.45, 2.75) is 38.8 Å². The molecule has 5 nitrogen and oxygen atoms in total. The van der Waals surface area contributed by atoms with Crippen molar-refractivity contribution in [1.29, 1.82) is 0 Å². The topological polar surface area (TPSA) is 64.6 Å². The Kier molecular flexibility index (Phi) is 9.50. The molecule has 0 heterocycles. The van der Waals surface area contributed by atoms with Gasteiger partial charge in [-0.2, -0.15) is 0 Å². The van der Waals surface area contributed by atoms with Crippen LogP contribution in [-0.4, -0.2) is 38.2 Å². The highest BCUT2D eigenvalue weighted by Crippen LogP contribution is 2.18. The zero-order valence-corrected chi connectivity index (χ0v) is 16.8. The Hall–Kier alpha value is -1.74. The van der Waals surface area contributed by atoms with Crippen LogP contribution in [0.3, 0.4) is 0 Å². The van der Waals surface area contributed by atoms with Crippen molar-refractivity contribution < 1.29 is 19.1 Å². The molecule has 0 saturated heterocycles. The summed E-state index contributed by atoms with van der Waals surface area (Å²) in [4.78, 5) is 24.0. The van der Waals surface area contributed by atoms with E-state index in [0.29, 0.717) is 22.0 Å². The normalized spacial score (nSPS) is 12.7. The maximum absolute atomic E-state index is 12.0. The molecule has 142 valence electrons. The lowest BCUT2D eigenvalue weighted by Gasteiger charge is -2.22. The number of halogens is 2. The van der Waals surface area contributed by atoms with Gasteiger partial charge in [0.05, 0.1) is 14.2 Å². The smallest absolute Gasteiger partial charge is 0.323 e. The van der Waals surface area contributed by atoms with E-state index in [1.54, 1.807) is 18.2 Å². The number of methoxy groups -OCH3 is 2. The first kappa shape index (κ1) is 22.3. The van der Waals surface area contributed by atoms with Crippen LogP contribution >= 0.6 is 23.2 Å². The Morgan fingerprint density at radius 1 is 1.04 bits per heavy atom. The summed E-state index contributed by atoms with van der Waals surface area (Å²) < 4.78 is 9.62. The minimum atomic E-state index is -0.759. The van der Waals surface area contributed by atoms with Crippen molar-refractivity contribution in [3.63, 3.8) is 0 Å². The molecule has 0 amide bonds. The lowest BCUT2D eigenvalue weighted by Crippen LogP contribution is -2.48. The van der Waals surface area contributed by atoms with E-state index < -0.39 is 24.0 Å². The first-order chi connectivity index (χ1) is 12.3. The Morgan fingerprint density at radius 2 is 1.58 bits per heavy atom. The van der Waals surface area contributed by atoms with Crippen molar-refractivity contribution in [2.24, 2.45) is 5.92 Å². The van der Waals surface area contributed by atoms with Gasteiger partial charge in [-0.3, -0.25) is 14.9 Å². The fraction of sp³-hybridized carbons (Fsp3) is 0.474. The molecule has 1 aromatic carbocycles. The number of carbonyl (C=O) groups excluding carboxylic acids is 2. The number of hydrogen-bond donors (Lipinski definition) is 1. The lowest BCUT2D eigenvalue weighted by molar-refractivity contribution is -0.146. The predicted molar refractivity (Wildman–Crippen MR) is 102 cm³/mol. The number of carbonyl (C=O) groups is 2. The zero-order valence-electron chi connectivity index (χ0n) is 15.3. The Balaban J connectivity index is 2.91. The van der Waals surface area contributed by atoms with Crippen LogP contribution in [0.5, 0.6) is 0 Å². The van der Waals surface area contributed by atoms with Gasteiger partial charge in [0.15, 0.2) is 0 Å². The molecular formula is C19H23Cl2NO4. The second-order valence-corrected chi connectivity index (χ2v) is 6.98. The molecule has 0 bridgehead atoms. The van der Waals surface area contributed by atoms with Gasteiger partial charge in [-0.1, -0.05) is 48.9 Å². The van der Waals surface area contributed by atoms with Gasteiger partial charge in [-0.25, -0.2) is 0 Å². The highest BCUT2D eigenvalue weighted by Gasteiger charge is 2.27. The Labute approximate surface area is 164 Å². The molecule has 0 unspecified atom stereocenters. The molecule has 1 N–H and O–H groups in total. The molecular weight excluding hydrogens is 377 g/mol. The lowest BCUT2D eigenvalue weighted by atomic mass is 10.0. The van der Waals surface area contributed by atoms with E-state index in [-0.39, 0.29) is 12.3 Å². The molecule has 1 rings (SSSR count). The van der Waals surface area contributed by atoms with E-state index in [9.17, 15) is 9.59 Å². The minimum absolute atomic E-state index is 0.155. The molecule has 26 heavy (non-hydrogen) atoms. The van der Waals surface area contributed by atoms with Gasteiger partial charge in [-0.15, -0.1) is 0 Å². The molecule has 0 radical (unpaired) electrons. The molecule has 0 aliphatic rings. The van der Waals surface area contributed by atoms with Crippen LogP contribution < -0.4 is 5.32 Å². The number of nitrogens with one attached hydrogen (secondary N) is 1. The summed E-state index contributed by atoms with van der Waals surface area (Å²) in [5.41, 5.74) is 0.637. The maximum atomic E-state index is 12.0. The summed E-state index contributed by atoms with van der Waals surface area (Å²) in [6.45, 7) is 3.96. The van der Waals surface area contributed by atoms with Gasteiger partial charge in [0.25, 0.3) is 0 Å². The van der Waals surface area contributed by atoms with E-state index in [1.165, 1.54) is 14.2 Å². The Morgan fingerprint density at radius 3 is 2.08 bits per heavy atom. The SMILES string of the molecule is COC(=O)[C@H](CC#Cc1cc(Cl)cc(Cl)c1)N[C@@H](CC(C)C)C(=O)OC. The van der Waals surface area contributed by atoms with Crippen LogP contribution in [0.15, 0.2) is 18.2 Å². The van der Waals surface area contributed by atoms with Crippen molar-refractivity contribution in [3.05, 3.63) is 33.8 Å². The molecule has 0 saturated carbocycles. The maximum Gasteiger partial charge on any atom is 0.323 e. The molecule has 7 heteroatoms. The molecule has 0 fully saturated rings. The third kappa shape index (κ3) is 7.65. The number of ether oxygens (including phenoxy) is 2. The summed E-state index contributed by atoms with van der Waals surface area (Å²) in [6.07, 6.45) is 0.680. The van der Waals surface area contributed by atoms with E-state index >= 15 is 0 Å². The van der Waals surface area contributed by atoms with Crippen LogP contribution in [0.2, 0.25) is 10.0 Å². The van der Waals surface area contributed by atoms with Crippen molar-refractivity contribution in [3.8, 4) is 11.8 Å². The zero-order chi connectivity index (χ0) is 19.7. The average Bonchev–Trinajstić information content (AvgIpc) is 2.57. The van der Waals surface area contributed by atoms with Crippen molar-refractivity contribution in [1.82, 2.24) is 5.32 Å². The van der Waals surface area contributed by atoms with E-state index in [0.717, 1.165) is 0 Å². The average molecular weight is 400 g/mol. The third-order valence-electron chi connectivity index (χ3n) is 3.48. The minimum Gasteiger partial charge on any atom is -0.468 e. The quantitative estimate of drug-likeness (QED) is 0.561. The number of esters is 2. The number of rotatable bonds is 7. The standard InChI is InChI=1S/C19H23Cl2NO4/c1-12(2)8-17(19(24)26-4)22-16(18(23)25-3)7-5-6-13-9-14(20)11-15(21)10-13/h9-12,16-17,22H,7-8H2,1-4H3/t16-,17-/m0/s1. The van der Waals surface area contributed by atoms with Crippen LogP contribution in [0, 0.1) is 17.8 Å². The van der Waals surface area contributed by atoms with Crippen molar-refractivity contribution in [2.75, 3.05) is 14.2 Å². The molecule has 2 atom stereocenters. The van der Waals surface area contributed by atoms with Crippen LogP contribution in [0.25, 0.3) is 0 Å². The number of benzene rings is 1. The van der Waals surface area contributed by atoms with E-state index in [1.807, 2.05) is 13.8 Å². The van der Waals surface area contributed by atoms with Gasteiger partial charge in [0.2, 0.25) is 0 Å². The van der Waals surface area contributed by atoms with Crippen LogP contribution in [-0.2, 0) is 19.1 Å². The fourth-order valence-electron chi connectivity index (χ4n) is 2.32. The van der Waals surface area contributed by atoms with Gasteiger partial charge in [-0.05, 0) is 30.5 Å². The van der Waals surface area contributed by atoms with Crippen molar-refractivity contribution >= 4 is 35.1 Å². The summed E-state index contributed by atoms with van der Waals surface area (Å²) in [7, 11) is 2.60. The summed E-state index contributed by atoms with van der Waals surface area (Å²) in [6, 6.07) is 3.59. The largest absolute Gasteiger partial charge is 0.468 e. The highest BCUT2D eigenvalue weighted by molar-refractivity contribution is 6.34. The van der Waals surface area contributed by atoms with Gasteiger partial charge < -0.3 is 9.47 Å². The number of hydrogen-bond acceptors (Lipinski definition) is 5. The first-order valence-corrected chi connectivity index (χ1v) is 8.89. The predicted octanol–water partition coefficient (Wildman–Crippen LogP) is 3.45. The van der Waals surface area contributed by atoms with Gasteiger partial charge in [0.1, 0.15) is 12.1 Å². The second-order valence-electron chi connectivity index (χ2n) is 6.11. The van der Waals surface area contributed by atoms with E-state index in [2.05, 4.69) is 17.2 Å². The van der Waals surface area contributed by atoms with Crippen LogP contribution in [0.1, 0.15) is 32.3 Å². The van der Waals surface area contributed by atoms with Gasteiger partial charge >= 0.3 is 11.9 Å².